The van der Waals surface area contributed by atoms with Crippen LogP contribution in [0.5, 0.6) is 5.75 Å². The van der Waals surface area contributed by atoms with E-state index in [1.165, 1.54) is 0 Å². The number of aromatic nitrogens is 3. The Morgan fingerprint density at radius 2 is 1.82 bits per heavy atom. The molecule has 0 bridgehead atoms. The van der Waals surface area contributed by atoms with Crippen LogP contribution in [0.3, 0.4) is 0 Å². The molecule has 3 aromatic rings. The van der Waals surface area contributed by atoms with Crippen LogP contribution in [0.25, 0.3) is 5.69 Å². The zero-order valence-corrected chi connectivity index (χ0v) is 13.6. The number of hydrogen-bond acceptors (Lipinski definition) is 4. The van der Waals surface area contributed by atoms with Crippen molar-refractivity contribution in [3.05, 3.63) is 64.9 Å². The number of hydrogen-bond donors (Lipinski definition) is 1. The maximum Gasteiger partial charge on any atom is 0.227 e. The van der Waals surface area contributed by atoms with E-state index in [0.717, 1.165) is 17.0 Å². The minimum absolute atomic E-state index is 0.550. The Bertz CT molecular complexity index is 741. The van der Waals surface area contributed by atoms with Gasteiger partial charge in [-0.1, -0.05) is 30.3 Å². The molecule has 1 N–H and O–H groups in total. The van der Waals surface area contributed by atoms with Gasteiger partial charge in [0.2, 0.25) is 10.7 Å². The zero-order valence-electron chi connectivity index (χ0n) is 12.0. The molecule has 0 saturated carbocycles. The van der Waals surface area contributed by atoms with Gasteiger partial charge in [0.05, 0.1) is 12.8 Å². The van der Waals surface area contributed by atoms with E-state index >= 15 is 0 Å². The van der Waals surface area contributed by atoms with Gasteiger partial charge < -0.3 is 10.1 Å². The van der Waals surface area contributed by atoms with Gasteiger partial charge in [0.15, 0.2) is 0 Å². The van der Waals surface area contributed by atoms with Crippen molar-refractivity contribution in [1.29, 1.82) is 0 Å². The molecular formula is C16H15BrN4O. The van der Waals surface area contributed by atoms with E-state index in [2.05, 4.69) is 31.3 Å². The van der Waals surface area contributed by atoms with E-state index in [1.807, 2.05) is 54.6 Å². The predicted octanol–water partition coefficient (Wildman–Crippen LogP) is 3.65. The Morgan fingerprint density at radius 1 is 1.09 bits per heavy atom. The Balaban J connectivity index is 1.77. The highest BCUT2D eigenvalue weighted by Crippen LogP contribution is 2.18. The molecule has 3 rings (SSSR count). The molecule has 1 heterocycles. The number of methoxy groups -OCH3 is 1. The lowest BCUT2D eigenvalue weighted by Crippen LogP contribution is -2.07. The molecule has 5 nitrogen and oxygen atoms in total. The number of ether oxygens (including phenoxy) is 1. The van der Waals surface area contributed by atoms with E-state index in [9.17, 15) is 0 Å². The van der Waals surface area contributed by atoms with Gasteiger partial charge in [-0.2, -0.15) is 9.67 Å². The number of nitrogens with one attached hydrogen (secondary N) is 1. The van der Waals surface area contributed by atoms with Crippen molar-refractivity contribution in [3.63, 3.8) is 0 Å². The van der Waals surface area contributed by atoms with Crippen molar-refractivity contribution < 1.29 is 4.74 Å². The lowest BCUT2D eigenvalue weighted by atomic mass is 10.2. The summed E-state index contributed by atoms with van der Waals surface area (Å²) in [6.07, 6.45) is 0. The topological polar surface area (TPSA) is 52.0 Å². The maximum atomic E-state index is 5.16. The number of para-hydroxylation sites is 1. The third-order valence-electron chi connectivity index (χ3n) is 3.19. The van der Waals surface area contributed by atoms with E-state index in [1.54, 1.807) is 11.8 Å². The zero-order chi connectivity index (χ0) is 15.4. The highest BCUT2D eigenvalue weighted by Gasteiger charge is 2.09. The summed E-state index contributed by atoms with van der Waals surface area (Å²) in [5, 5.41) is 7.67. The molecule has 0 fully saturated rings. The monoisotopic (exact) mass is 358 g/mol. The van der Waals surface area contributed by atoms with E-state index in [-0.39, 0.29) is 0 Å². The third-order valence-corrected chi connectivity index (χ3v) is 3.53. The van der Waals surface area contributed by atoms with Crippen molar-refractivity contribution in [2.75, 3.05) is 12.4 Å². The lowest BCUT2D eigenvalue weighted by molar-refractivity contribution is 0.414. The minimum Gasteiger partial charge on any atom is -0.497 e. The van der Waals surface area contributed by atoms with Crippen molar-refractivity contribution in [2.45, 2.75) is 6.54 Å². The maximum absolute atomic E-state index is 5.16. The SMILES string of the molecule is COc1ccc(CNc2nc(Br)nn2-c2ccccc2)cc1. The molecule has 6 heteroatoms. The van der Waals surface area contributed by atoms with Gasteiger partial charge in [-0.25, -0.2) is 0 Å². The van der Waals surface area contributed by atoms with Gasteiger partial charge in [0.25, 0.3) is 0 Å². The van der Waals surface area contributed by atoms with Crippen LogP contribution in [0, 0.1) is 0 Å². The summed E-state index contributed by atoms with van der Waals surface area (Å²) >= 11 is 3.33. The first-order valence-corrected chi connectivity index (χ1v) is 7.60. The standard InChI is InChI=1S/C16H15BrN4O/c1-22-14-9-7-12(8-10-14)11-18-16-19-15(17)20-21(16)13-5-3-2-4-6-13/h2-10H,11H2,1H3,(H,18,19,20). The van der Waals surface area contributed by atoms with Crippen molar-refractivity contribution >= 4 is 21.9 Å². The molecule has 0 amide bonds. The average molecular weight is 359 g/mol. The van der Waals surface area contributed by atoms with Crippen LogP contribution in [0.2, 0.25) is 0 Å². The molecule has 0 saturated heterocycles. The third kappa shape index (κ3) is 3.28. The number of halogens is 1. The molecule has 0 atom stereocenters. The lowest BCUT2D eigenvalue weighted by Gasteiger charge is -2.08. The second kappa shape index (κ2) is 6.62. The van der Waals surface area contributed by atoms with Crippen LogP contribution in [0.1, 0.15) is 5.56 Å². The molecule has 0 aliphatic rings. The highest BCUT2D eigenvalue weighted by atomic mass is 79.9. The summed E-state index contributed by atoms with van der Waals surface area (Å²) in [5.41, 5.74) is 2.09. The smallest absolute Gasteiger partial charge is 0.227 e. The van der Waals surface area contributed by atoms with Crippen LogP contribution < -0.4 is 10.1 Å². The molecule has 0 spiro atoms. The van der Waals surface area contributed by atoms with Crippen LogP contribution in [-0.2, 0) is 6.54 Å². The summed E-state index contributed by atoms with van der Waals surface area (Å²) in [7, 11) is 1.66. The Morgan fingerprint density at radius 3 is 2.50 bits per heavy atom. The predicted molar refractivity (Wildman–Crippen MR) is 89.4 cm³/mol. The summed E-state index contributed by atoms with van der Waals surface area (Å²) in [4.78, 5) is 4.37. The van der Waals surface area contributed by atoms with E-state index in [0.29, 0.717) is 17.2 Å². The first-order chi connectivity index (χ1) is 10.8. The number of benzene rings is 2. The minimum atomic E-state index is 0.550. The largest absolute Gasteiger partial charge is 0.497 e. The number of nitrogens with zero attached hydrogens (tertiary/aromatic N) is 3. The first kappa shape index (κ1) is 14.6. The van der Waals surface area contributed by atoms with Gasteiger partial charge >= 0.3 is 0 Å². The quantitative estimate of drug-likeness (QED) is 0.756. The molecule has 2 aromatic carbocycles. The van der Waals surface area contributed by atoms with Crippen LogP contribution >= 0.6 is 15.9 Å². The van der Waals surface area contributed by atoms with Gasteiger partial charge in [-0.3, -0.25) is 0 Å². The van der Waals surface area contributed by atoms with Crippen LogP contribution in [0.15, 0.2) is 59.3 Å². The molecular weight excluding hydrogens is 344 g/mol. The van der Waals surface area contributed by atoms with Gasteiger partial charge in [0, 0.05) is 6.54 Å². The highest BCUT2D eigenvalue weighted by molar-refractivity contribution is 9.10. The summed E-state index contributed by atoms with van der Waals surface area (Å²) < 4.78 is 7.48. The average Bonchev–Trinajstić information content (AvgIpc) is 2.95. The fraction of sp³-hybridized carbons (Fsp3) is 0.125. The molecule has 22 heavy (non-hydrogen) atoms. The molecule has 112 valence electrons. The second-order valence-corrected chi connectivity index (χ2v) is 5.36. The fourth-order valence-corrected chi connectivity index (χ4v) is 2.40. The van der Waals surface area contributed by atoms with Crippen molar-refractivity contribution in [1.82, 2.24) is 14.8 Å². The summed E-state index contributed by atoms with van der Waals surface area (Å²) in [6.45, 7) is 0.655. The van der Waals surface area contributed by atoms with Crippen LogP contribution in [0.4, 0.5) is 5.95 Å². The molecule has 1 aromatic heterocycles. The Hall–Kier alpha value is -2.34. The second-order valence-electron chi connectivity index (χ2n) is 4.65. The molecule has 0 aliphatic heterocycles. The van der Waals surface area contributed by atoms with E-state index < -0.39 is 0 Å². The normalized spacial score (nSPS) is 10.5. The van der Waals surface area contributed by atoms with Gasteiger partial charge in [-0.15, -0.1) is 5.10 Å². The van der Waals surface area contributed by atoms with Gasteiger partial charge in [0.1, 0.15) is 5.75 Å². The molecule has 0 unspecified atom stereocenters. The first-order valence-electron chi connectivity index (χ1n) is 6.81. The van der Waals surface area contributed by atoms with Crippen molar-refractivity contribution in [2.24, 2.45) is 0 Å². The number of anilines is 1. The summed E-state index contributed by atoms with van der Waals surface area (Å²) in [6, 6.07) is 17.8. The van der Waals surface area contributed by atoms with Crippen LogP contribution in [-0.4, -0.2) is 21.9 Å². The fourth-order valence-electron chi connectivity index (χ4n) is 2.08. The molecule has 0 radical (unpaired) electrons. The number of rotatable bonds is 5. The van der Waals surface area contributed by atoms with E-state index in [4.69, 9.17) is 4.74 Å². The van der Waals surface area contributed by atoms with Gasteiger partial charge in [-0.05, 0) is 45.8 Å². The summed E-state index contributed by atoms with van der Waals surface area (Å²) in [5.74, 6) is 1.54. The Kier molecular flexibility index (Phi) is 4.39. The molecule has 0 aliphatic carbocycles. The Labute approximate surface area is 137 Å². The van der Waals surface area contributed by atoms with Crippen molar-refractivity contribution in [3.8, 4) is 11.4 Å².